The van der Waals surface area contributed by atoms with Crippen LogP contribution in [-0.2, 0) is 6.54 Å². The summed E-state index contributed by atoms with van der Waals surface area (Å²) in [6.07, 6.45) is 0. The van der Waals surface area contributed by atoms with Gasteiger partial charge < -0.3 is 14.8 Å². The van der Waals surface area contributed by atoms with E-state index in [-0.39, 0.29) is 0 Å². The van der Waals surface area contributed by atoms with Crippen LogP contribution in [0.5, 0.6) is 11.5 Å². The molecular formula is C17H27NO2. The standard InChI is InChI=1S/C17H27NO2/c1-16(2)14(17(16,3)4)11-18-10-12-8-7-9-13(19-5)15(12)20-6/h7-9,14,18H,10-11H2,1-6H3. The lowest BCUT2D eigenvalue weighted by molar-refractivity contribution is 0.350. The molecule has 112 valence electrons. The Morgan fingerprint density at radius 1 is 1.05 bits per heavy atom. The maximum Gasteiger partial charge on any atom is 0.165 e. The van der Waals surface area contributed by atoms with Gasteiger partial charge in [-0.05, 0) is 29.4 Å². The fraction of sp³-hybridized carbons (Fsp3) is 0.647. The van der Waals surface area contributed by atoms with Gasteiger partial charge in [0, 0.05) is 12.1 Å². The van der Waals surface area contributed by atoms with Crippen molar-refractivity contribution in [1.82, 2.24) is 5.32 Å². The second kappa shape index (κ2) is 5.28. The van der Waals surface area contributed by atoms with Crippen molar-refractivity contribution in [2.75, 3.05) is 20.8 Å². The third-order valence-corrected chi connectivity index (χ3v) is 5.47. The Morgan fingerprint density at radius 2 is 1.70 bits per heavy atom. The van der Waals surface area contributed by atoms with E-state index < -0.39 is 0 Å². The summed E-state index contributed by atoms with van der Waals surface area (Å²) in [5.41, 5.74) is 2.00. The van der Waals surface area contributed by atoms with Gasteiger partial charge in [-0.1, -0.05) is 39.8 Å². The number of ether oxygens (including phenoxy) is 2. The maximum atomic E-state index is 5.46. The van der Waals surface area contributed by atoms with Crippen LogP contribution in [0.25, 0.3) is 0 Å². The van der Waals surface area contributed by atoms with Gasteiger partial charge in [-0.3, -0.25) is 0 Å². The van der Waals surface area contributed by atoms with Crippen molar-refractivity contribution in [3.8, 4) is 11.5 Å². The average molecular weight is 277 g/mol. The fourth-order valence-corrected chi connectivity index (χ4v) is 3.29. The van der Waals surface area contributed by atoms with E-state index in [1.165, 1.54) is 0 Å². The van der Waals surface area contributed by atoms with Crippen LogP contribution in [0.4, 0.5) is 0 Å². The van der Waals surface area contributed by atoms with E-state index in [9.17, 15) is 0 Å². The molecule has 1 aromatic carbocycles. The van der Waals surface area contributed by atoms with Crippen LogP contribution in [-0.4, -0.2) is 20.8 Å². The Bertz CT molecular complexity index is 466. The second-order valence-corrected chi connectivity index (χ2v) is 6.78. The van der Waals surface area contributed by atoms with Crippen molar-refractivity contribution in [3.05, 3.63) is 23.8 Å². The molecule has 0 heterocycles. The van der Waals surface area contributed by atoms with Crippen molar-refractivity contribution in [2.24, 2.45) is 16.7 Å². The van der Waals surface area contributed by atoms with E-state index in [1.807, 2.05) is 12.1 Å². The van der Waals surface area contributed by atoms with E-state index in [0.717, 1.165) is 36.1 Å². The van der Waals surface area contributed by atoms with Crippen molar-refractivity contribution in [3.63, 3.8) is 0 Å². The van der Waals surface area contributed by atoms with Crippen molar-refractivity contribution >= 4 is 0 Å². The summed E-state index contributed by atoms with van der Waals surface area (Å²) in [5, 5.41) is 3.57. The van der Waals surface area contributed by atoms with E-state index in [4.69, 9.17) is 9.47 Å². The van der Waals surface area contributed by atoms with Crippen molar-refractivity contribution in [1.29, 1.82) is 0 Å². The highest BCUT2D eigenvalue weighted by molar-refractivity contribution is 5.46. The number of benzene rings is 1. The molecule has 20 heavy (non-hydrogen) atoms. The molecule has 0 atom stereocenters. The van der Waals surface area contributed by atoms with Gasteiger partial charge in [0.25, 0.3) is 0 Å². The molecule has 1 fully saturated rings. The van der Waals surface area contributed by atoms with Gasteiger partial charge in [0.15, 0.2) is 11.5 Å². The minimum atomic E-state index is 0.429. The first-order valence-corrected chi connectivity index (χ1v) is 7.27. The summed E-state index contributed by atoms with van der Waals surface area (Å²) in [5.74, 6) is 2.35. The van der Waals surface area contributed by atoms with Crippen LogP contribution in [0, 0.1) is 16.7 Å². The van der Waals surface area contributed by atoms with Crippen LogP contribution < -0.4 is 14.8 Å². The molecule has 2 rings (SSSR count). The summed E-state index contributed by atoms with van der Waals surface area (Å²) in [6, 6.07) is 6.01. The molecule has 0 aliphatic heterocycles. The topological polar surface area (TPSA) is 30.5 Å². The zero-order valence-corrected chi connectivity index (χ0v) is 13.5. The Kier molecular flexibility index (Phi) is 4.01. The summed E-state index contributed by atoms with van der Waals surface area (Å²) < 4.78 is 10.8. The van der Waals surface area contributed by atoms with Crippen molar-refractivity contribution in [2.45, 2.75) is 34.2 Å². The van der Waals surface area contributed by atoms with Crippen LogP contribution in [0.1, 0.15) is 33.3 Å². The molecule has 1 N–H and O–H groups in total. The Labute approximate surface area is 122 Å². The molecule has 3 heteroatoms. The van der Waals surface area contributed by atoms with Crippen molar-refractivity contribution < 1.29 is 9.47 Å². The fourth-order valence-electron chi connectivity index (χ4n) is 3.29. The third-order valence-electron chi connectivity index (χ3n) is 5.47. The molecule has 0 aromatic heterocycles. The number of rotatable bonds is 6. The lowest BCUT2D eigenvalue weighted by Crippen LogP contribution is -2.19. The quantitative estimate of drug-likeness (QED) is 0.863. The van der Waals surface area contributed by atoms with Crippen LogP contribution in [0.2, 0.25) is 0 Å². The predicted octanol–water partition coefficient (Wildman–Crippen LogP) is 3.48. The van der Waals surface area contributed by atoms with Crippen LogP contribution in [0.15, 0.2) is 18.2 Å². The number of hydrogen-bond acceptors (Lipinski definition) is 3. The molecule has 0 spiro atoms. The first-order chi connectivity index (χ1) is 9.36. The first-order valence-electron chi connectivity index (χ1n) is 7.27. The molecule has 1 saturated carbocycles. The highest BCUT2D eigenvalue weighted by atomic mass is 16.5. The molecule has 1 aliphatic carbocycles. The summed E-state index contributed by atoms with van der Waals surface area (Å²) in [7, 11) is 3.36. The zero-order valence-electron chi connectivity index (χ0n) is 13.5. The summed E-state index contributed by atoms with van der Waals surface area (Å²) in [6.45, 7) is 11.3. The van der Waals surface area contributed by atoms with Gasteiger partial charge in [-0.2, -0.15) is 0 Å². The van der Waals surface area contributed by atoms with E-state index in [0.29, 0.717) is 10.8 Å². The van der Waals surface area contributed by atoms with Gasteiger partial charge in [-0.15, -0.1) is 0 Å². The number of nitrogens with one attached hydrogen (secondary N) is 1. The number of hydrogen-bond donors (Lipinski definition) is 1. The average Bonchev–Trinajstić information content (AvgIpc) is 2.80. The van der Waals surface area contributed by atoms with Crippen LogP contribution >= 0.6 is 0 Å². The largest absolute Gasteiger partial charge is 0.493 e. The second-order valence-electron chi connectivity index (χ2n) is 6.78. The zero-order chi connectivity index (χ0) is 15.0. The maximum absolute atomic E-state index is 5.46. The van der Waals surface area contributed by atoms with E-state index in [2.05, 4.69) is 39.1 Å². The third kappa shape index (κ3) is 2.39. The molecule has 0 bridgehead atoms. The van der Waals surface area contributed by atoms with Gasteiger partial charge in [0.2, 0.25) is 0 Å². The van der Waals surface area contributed by atoms with Crippen LogP contribution in [0.3, 0.4) is 0 Å². The summed E-state index contributed by atoms with van der Waals surface area (Å²) >= 11 is 0. The molecule has 0 unspecified atom stereocenters. The van der Waals surface area contributed by atoms with Gasteiger partial charge in [-0.25, -0.2) is 0 Å². The van der Waals surface area contributed by atoms with Gasteiger partial charge >= 0.3 is 0 Å². The van der Waals surface area contributed by atoms with Gasteiger partial charge in [0.1, 0.15) is 0 Å². The smallest absolute Gasteiger partial charge is 0.165 e. The molecule has 1 aromatic rings. The predicted molar refractivity (Wildman–Crippen MR) is 82.3 cm³/mol. The minimum absolute atomic E-state index is 0.429. The van der Waals surface area contributed by atoms with E-state index in [1.54, 1.807) is 14.2 Å². The Hall–Kier alpha value is -1.22. The normalized spacial score (nSPS) is 19.7. The SMILES string of the molecule is COc1cccc(CNCC2C(C)(C)C2(C)C)c1OC. The summed E-state index contributed by atoms with van der Waals surface area (Å²) in [4.78, 5) is 0. The lowest BCUT2D eigenvalue weighted by Gasteiger charge is -2.13. The van der Waals surface area contributed by atoms with Gasteiger partial charge in [0.05, 0.1) is 14.2 Å². The Morgan fingerprint density at radius 3 is 2.20 bits per heavy atom. The number of methoxy groups -OCH3 is 2. The molecule has 1 aliphatic rings. The molecule has 0 saturated heterocycles. The first kappa shape index (κ1) is 15.2. The molecule has 3 nitrogen and oxygen atoms in total. The highest BCUT2D eigenvalue weighted by Crippen LogP contribution is 2.67. The van der Waals surface area contributed by atoms with E-state index >= 15 is 0 Å². The molecular weight excluding hydrogens is 250 g/mol. The highest BCUT2D eigenvalue weighted by Gasteiger charge is 2.63. The lowest BCUT2D eigenvalue weighted by atomic mass is 10.0. The Balaban J connectivity index is 1.96. The molecule has 0 radical (unpaired) electrons. The number of para-hydroxylation sites is 1. The molecule has 0 amide bonds. The monoisotopic (exact) mass is 277 g/mol. The minimum Gasteiger partial charge on any atom is -0.493 e.